The Bertz CT molecular complexity index is 857. The van der Waals surface area contributed by atoms with Crippen LogP contribution in [0, 0.1) is 5.92 Å². The second-order valence-corrected chi connectivity index (χ2v) is 10.1. The van der Waals surface area contributed by atoms with Crippen LogP contribution in [0.1, 0.15) is 52.0 Å². The highest BCUT2D eigenvalue weighted by molar-refractivity contribution is 5.94. The molecule has 4 N–H and O–H groups in total. The van der Waals surface area contributed by atoms with Gasteiger partial charge in [0.1, 0.15) is 12.1 Å². The van der Waals surface area contributed by atoms with Gasteiger partial charge in [0.2, 0.25) is 17.7 Å². The maximum absolute atomic E-state index is 13.7. The summed E-state index contributed by atoms with van der Waals surface area (Å²) in [6, 6.07) is 8.34. The Morgan fingerprint density at radius 2 is 1.88 bits per heavy atom. The van der Waals surface area contributed by atoms with Crippen molar-refractivity contribution in [2.24, 2.45) is 11.7 Å². The molecule has 0 spiro atoms. The third-order valence-corrected chi connectivity index (χ3v) is 7.39. The molecule has 2 aliphatic heterocycles. The van der Waals surface area contributed by atoms with Crippen molar-refractivity contribution in [1.82, 2.24) is 20.4 Å². The molecule has 2 fully saturated rings. The van der Waals surface area contributed by atoms with Crippen LogP contribution in [-0.4, -0.2) is 77.9 Å². The Labute approximate surface area is 203 Å². The first-order valence-corrected chi connectivity index (χ1v) is 12.6. The Hall–Kier alpha value is -2.45. The number of benzene rings is 1. The fourth-order valence-corrected chi connectivity index (χ4v) is 5.26. The molecule has 0 radical (unpaired) electrons. The topological polar surface area (TPSA) is 108 Å². The van der Waals surface area contributed by atoms with Crippen LogP contribution >= 0.6 is 0 Å². The number of carbonyl (C=O) groups is 3. The van der Waals surface area contributed by atoms with Crippen LogP contribution in [0.15, 0.2) is 30.3 Å². The first-order valence-electron chi connectivity index (χ1n) is 12.6. The minimum Gasteiger partial charge on any atom is -0.343 e. The molecule has 0 saturated carbocycles. The molecule has 3 rings (SSSR count). The van der Waals surface area contributed by atoms with Gasteiger partial charge < -0.3 is 26.2 Å². The van der Waals surface area contributed by atoms with Gasteiger partial charge in [-0.25, -0.2) is 0 Å². The molecule has 188 valence electrons. The van der Waals surface area contributed by atoms with Gasteiger partial charge >= 0.3 is 0 Å². The van der Waals surface area contributed by atoms with E-state index in [9.17, 15) is 14.4 Å². The van der Waals surface area contributed by atoms with Gasteiger partial charge in [-0.2, -0.15) is 0 Å². The number of likely N-dealkylation sites (tertiary alicyclic amines) is 2. The van der Waals surface area contributed by atoms with E-state index >= 15 is 0 Å². The standard InChI is InChI=1S/C26H41N5O3/c1-5-20(28-4)23(32)29-21(18(2)3)24(33)31-17-14-26(27)13-9-15-30(25(34)22(26)31)16-12-19-10-7-6-8-11-19/h6-8,10-11,18,20-22,28H,5,9,12-17,27H2,1-4H3,(H,29,32)/t20-,21-,22-,26+/m0/s1. The molecule has 0 aromatic heterocycles. The molecule has 8 nitrogen and oxygen atoms in total. The summed E-state index contributed by atoms with van der Waals surface area (Å²) in [5, 5.41) is 5.92. The minimum absolute atomic E-state index is 0.0720. The molecule has 34 heavy (non-hydrogen) atoms. The lowest BCUT2D eigenvalue weighted by molar-refractivity contribution is -0.147. The number of nitrogens with one attached hydrogen (secondary N) is 2. The van der Waals surface area contributed by atoms with E-state index in [2.05, 4.69) is 22.8 Å². The Balaban J connectivity index is 1.78. The van der Waals surface area contributed by atoms with E-state index in [1.807, 2.05) is 43.9 Å². The highest BCUT2D eigenvalue weighted by atomic mass is 16.2. The van der Waals surface area contributed by atoms with Gasteiger partial charge in [0.25, 0.3) is 0 Å². The van der Waals surface area contributed by atoms with E-state index in [1.54, 1.807) is 11.9 Å². The van der Waals surface area contributed by atoms with Crippen molar-refractivity contribution in [3.05, 3.63) is 35.9 Å². The molecule has 2 heterocycles. The lowest BCUT2D eigenvalue weighted by Gasteiger charge is -2.36. The van der Waals surface area contributed by atoms with Crippen molar-refractivity contribution in [2.45, 2.75) is 76.5 Å². The van der Waals surface area contributed by atoms with Crippen molar-refractivity contribution in [2.75, 3.05) is 26.7 Å². The molecular formula is C26H41N5O3. The van der Waals surface area contributed by atoms with E-state index < -0.39 is 17.6 Å². The van der Waals surface area contributed by atoms with Crippen LogP contribution in [0.3, 0.4) is 0 Å². The quantitative estimate of drug-likeness (QED) is 0.503. The number of rotatable bonds is 9. The first kappa shape index (κ1) is 26.2. The van der Waals surface area contributed by atoms with Crippen molar-refractivity contribution in [1.29, 1.82) is 0 Å². The predicted molar refractivity (Wildman–Crippen MR) is 133 cm³/mol. The van der Waals surface area contributed by atoms with E-state index in [1.165, 1.54) is 5.56 Å². The van der Waals surface area contributed by atoms with Crippen molar-refractivity contribution in [3.8, 4) is 0 Å². The summed E-state index contributed by atoms with van der Waals surface area (Å²) in [5.74, 6) is -0.609. The van der Waals surface area contributed by atoms with Crippen LogP contribution in [0.2, 0.25) is 0 Å². The SMILES string of the molecule is CC[C@H](NC)C(=O)N[C@H](C(=O)N1CC[C@]2(N)CCCN(CCc3ccccc3)C(=O)[C@H]12)C(C)C. The largest absolute Gasteiger partial charge is 0.343 e. The van der Waals surface area contributed by atoms with E-state index in [-0.39, 0.29) is 29.7 Å². The molecule has 1 aromatic rings. The normalized spacial score (nSPS) is 24.5. The van der Waals surface area contributed by atoms with Gasteiger partial charge in [-0.05, 0) is 50.6 Å². The Morgan fingerprint density at radius 3 is 2.50 bits per heavy atom. The van der Waals surface area contributed by atoms with Crippen LogP contribution < -0.4 is 16.4 Å². The summed E-state index contributed by atoms with van der Waals surface area (Å²) in [5.41, 5.74) is 7.23. The van der Waals surface area contributed by atoms with E-state index in [0.717, 1.165) is 12.8 Å². The molecule has 8 heteroatoms. The summed E-state index contributed by atoms with van der Waals surface area (Å²) in [6.07, 6.45) is 3.49. The number of amides is 3. The smallest absolute Gasteiger partial charge is 0.247 e. The predicted octanol–water partition coefficient (Wildman–Crippen LogP) is 1.29. The van der Waals surface area contributed by atoms with Gasteiger partial charge in [-0.15, -0.1) is 0 Å². The summed E-state index contributed by atoms with van der Waals surface area (Å²) in [4.78, 5) is 43.7. The second-order valence-electron chi connectivity index (χ2n) is 10.1. The lowest BCUT2D eigenvalue weighted by Crippen LogP contribution is -2.62. The molecule has 0 unspecified atom stereocenters. The number of nitrogens with two attached hydrogens (primary N) is 1. The van der Waals surface area contributed by atoms with Crippen LogP contribution in [0.5, 0.6) is 0 Å². The van der Waals surface area contributed by atoms with E-state index in [4.69, 9.17) is 5.73 Å². The number of hydrogen-bond donors (Lipinski definition) is 3. The average Bonchev–Trinajstić information content (AvgIpc) is 3.11. The van der Waals surface area contributed by atoms with Crippen molar-refractivity contribution in [3.63, 3.8) is 0 Å². The monoisotopic (exact) mass is 471 g/mol. The lowest BCUT2D eigenvalue weighted by atomic mass is 9.87. The molecule has 3 amide bonds. The number of hydrogen-bond acceptors (Lipinski definition) is 5. The molecular weight excluding hydrogens is 430 g/mol. The van der Waals surface area contributed by atoms with Gasteiger partial charge in [-0.1, -0.05) is 51.1 Å². The summed E-state index contributed by atoms with van der Waals surface area (Å²) >= 11 is 0. The number of carbonyl (C=O) groups excluding carboxylic acids is 3. The Morgan fingerprint density at radius 1 is 1.18 bits per heavy atom. The zero-order valence-corrected chi connectivity index (χ0v) is 21.0. The average molecular weight is 472 g/mol. The van der Waals surface area contributed by atoms with E-state index in [0.29, 0.717) is 38.9 Å². The maximum Gasteiger partial charge on any atom is 0.247 e. The summed E-state index contributed by atoms with van der Waals surface area (Å²) in [6.45, 7) is 7.42. The number of fused-ring (bicyclic) bond motifs is 1. The zero-order valence-electron chi connectivity index (χ0n) is 21.0. The molecule has 0 aliphatic carbocycles. The third kappa shape index (κ3) is 5.61. The minimum atomic E-state index is -0.725. The van der Waals surface area contributed by atoms with Crippen molar-refractivity contribution >= 4 is 17.7 Å². The highest BCUT2D eigenvalue weighted by Crippen LogP contribution is 2.35. The van der Waals surface area contributed by atoms with Crippen LogP contribution in [0.25, 0.3) is 0 Å². The molecule has 0 bridgehead atoms. The Kier molecular flexibility index (Phi) is 8.71. The third-order valence-electron chi connectivity index (χ3n) is 7.39. The molecule has 4 atom stereocenters. The van der Waals surface area contributed by atoms with Gasteiger partial charge in [0, 0.05) is 25.2 Å². The molecule has 2 saturated heterocycles. The van der Waals surface area contributed by atoms with Crippen LogP contribution in [-0.2, 0) is 20.8 Å². The van der Waals surface area contributed by atoms with Gasteiger partial charge in [0.15, 0.2) is 0 Å². The van der Waals surface area contributed by atoms with Crippen molar-refractivity contribution < 1.29 is 14.4 Å². The van der Waals surface area contributed by atoms with Gasteiger partial charge in [-0.3, -0.25) is 14.4 Å². The highest BCUT2D eigenvalue weighted by Gasteiger charge is 2.53. The molecule has 1 aromatic carbocycles. The van der Waals surface area contributed by atoms with Crippen LogP contribution in [0.4, 0.5) is 0 Å². The maximum atomic E-state index is 13.7. The van der Waals surface area contributed by atoms with Gasteiger partial charge in [0.05, 0.1) is 6.04 Å². The number of likely N-dealkylation sites (N-methyl/N-ethyl adjacent to an activating group) is 1. The summed E-state index contributed by atoms with van der Waals surface area (Å²) < 4.78 is 0. The zero-order chi connectivity index (χ0) is 24.9. The number of nitrogens with zero attached hydrogens (tertiary/aromatic N) is 2. The second kappa shape index (κ2) is 11.3. The summed E-state index contributed by atoms with van der Waals surface area (Å²) in [7, 11) is 1.73. The first-order chi connectivity index (χ1) is 16.2. The fourth-order valence-electron chi connectivity index (χ4n) is 5.26. The molecule has 2 aliphatic rings. The fraction of sp³-hybridized carbons (Fsp3) is 0.654.